The maximum Gasteiger partial charge on any atom is 0.259 e. The second kappa shape index (κ2) is 5.62. The largest absolute Gasteiger partial charge is 0.356 e. The van der Waals surface area contributed by atoms with Crippen LogP contribution in [0.3, 0.4) is 0 Å². The van der Waals surface area contributed by atoms with Crippen LogP contribution in [0.2, 0.25) is 0 Å². The van der Waals surface area contributed by atoms with Crippen LogP contribution in [0.1, 0.15) is 17.7 Å². The van der Waals surface area contributed by atoms with Crippen LogP contribution < -0.4 is 15.8 Å². The van der Waals surface area contributed by atoms with Gasteiger partial charge in [-0.2, -0.15) is 5.10 Å². The SMILES string of the molecule is Cc1cn2nc(-c3cc(=O)n4cc(N5C[C@@H]6C[C@H]5CN6)sc4n3)cc(C)c2n1. The molecule has 2 aliphatic rings. The molecule has 4 aromatic heterocycles. The highest BCUT2D eigenvalue weighted by Crippen LogP contribution is 2.34. The van der Waals surface area contributed by atoms with E-state index in [2.05, 4.69) is 20.3 Å². The highest BCUT2D eigenvalue weighted by atomic mass is 32.1. The first-order valence-electron chi connectivity index (χ1n) is 9.42. The summed E-state index contributed by atoms with van der Waals surface area (Å²) in [4.78, 5) is 25.1. The minimum atomic E-state index is -0.0775. The molecule has 8 nitrogen and oxygen atoms in total. The first kappa shape index (κ1) is 16.2. The quantitative estimate of drug-likeness (QED) is 0.558. The van der Waals surface area contributed by atoms with Crippen molar-refractivity contribution < 1.29 is 0 Å². The molecule has 6 heterocycles. The molecule has 9 heteroatoms. The fraction of sp³-hybridized carbons (Fsp3) is 0.368. The number of imidazole rings is 1. The molecule has 2 fully saturated rings. The van der Waals surface area contributed by atoms with Crippen molar-refractivity contribution >= 4 is 26.9 Å². The highest BCUT2D eigenvalue weighted by Gasteiger charge is 2.38. The standard InChI is InChI=1S/C19H19N7OS/c1-10-3-15(23-26-7-11(2)21-18(10)26)14-5-16(27)25-9-17(28-19(25)22-14)24-8-12-4-13(24)6-20-12/h3,5,7,9,12-13,20H,4,6,8H2,1-2H3/t12-,13-/m0/s1. The van der Waals surface area contributed by atoms with E-state index >= 15 is 0 Å². The van der Waals surface area contributed by atoms with Crippen LogP contribution in [0.15, 0.2) is 29.3 Å². The average Bonchev–Trinajstić information content (AvgIpc) is 3.43. The second-order valence-electron chi connectivity index (χ2n) is 7.71. The molecule has 2 aliphatic heterocycles. The maximum atomic E-state index is 12.8. The van der Waals surface area contributed by atoms with Crippen molar-refractivity contribution in [3.05, 3.63) is 46.1 Å². The summed E-state index contributed by atoms with van der Waals surface area (Å²) < 4.78 is 3.41. The van der Waals surface area contributed by atoms with E-state index in [0.717, 1.165) is 35.0 Å². The molecule has 2 bridgehead atoms. The molecule has 2 saturated heterocycles. The Kier molecular flexibility index (Phi) is 3.25. The van der Waals surface area contributed by atoms with Gasteiger partial charge in [-0.3, -0.25) is 9.20 Å². The number of thiazole rings is 1. The summed E-state index contributed by atoms with van der Waals surface area (Å²) in [5, 5.41) is 9.25. The van der Waals surface area contributed by atoms with Crippen molar-refractivity contribution in [1.29, 1.82) is 0 Å². The fourth-order valence-corrected chi connectivity index (χ4v) is 5.43. The van der Waals surface area contributed by atoms with E-state index < -0.39 is 0 Å². The van der Waals surface area contributed by atoms with Gasteiger partial charge in [0.05, 0.1) is 17.6 Å². The van der Waals surface area contributed by atoms with E-state index in [1.807, 2.05) is 32.3 Å². The number of aromatic nitrogens is 5. The lowest BCUT2D eigenvalue weighted by Gasteiger charge is -2.27. The monoisotopic (exact) mass is 393 g/mol. The number of piperazine rings is 1. The number of nitrogens with one attached hydrogen (secondary N) is 1. The van der Waals surface area contributed by atoms with Gasteiger partial charge >= 0.3 is 0 Å². The van der Waals surface area contributed by atoms with Gasteiger partial charge in [0.25, 0.3) is 5.56 Å². The maximum absolute atomic E-state index is 12.8. The zero-order valence-corrected chi connectivity index (χ0v) is 16.4. The molecule has 0 radical (unpaired) electrons. The van der Waals surface area contributed by atoms with Gasteiger partial charge in [-0.15, -0.1) is 0 Å². The number of anilines is 1. The normalized spacial score (nSPS) is 21.4. The van der Waals surface area contributed by atoms with Crippen LogP contribution in [-0.4, -0.2) is 49.2 Å². The third-order valence-corrected chi connectivity index (χ3v) is 6.71. The van der Waals surface area contributed by atoms with Gasteiger partial charge < -0.3 is 10.2 Å². The van der Waals surface area contributed by atoms with E-state index in [4.69, 9.17) is 4.98 Å². The van der Waals surface area contributed by atoms with Gasteiger partial charge in [0.2, 0.25) is 0 Å². The summed E-state index contributed by atoms with van der Waals surface area (Å²) in [5.41, 5.74) is 3.95. The summed E-state index contributed by atoms with van der Waals surface area (Å²) in [5.74, 6) is 0. The lowest BCUT2D eigenvalue weighted by Crippen LogP contribution is -2.43. The molecular formula is C19H19N7OS. The van der Waals surface area contributed by atoms with Crippen molar-refractivity contribution in [3.8, 4) is 11.4 Å². The number of hydrogen-bond acceptors (Lipinski definition) is 7. The van der Waals surface area contributed by atoms with E-state index in [-0.39, 0.29) is 5.56 Å². The topological polar surface area (TPSA) is 79.8 Å². The first-order chi connectivity index (χ1) is 13.5. The van der Waals surface area contributed by atoms with Crippen LogP contribution in [0.25, 0.3) is 22.0 Å². The summed E-state index contributed by atoms with van der Waals surface area (Å²) in [7, 11) is 0. The third kappa shape index (κ3) is 2.33. The van der Waals surface area contributed by atoms with Crippen molar-refractivity contribution in [2.75, 3.05) is 18.0 Å². The lowest BCUT2D eigenvalue weighted by molar-refractivity contribution is 0.582. The van der Waals surface area contributed by atoms with Crippen LogP contribution in [-0.2, 0) is 0 Å². The average molecular weight is 393 g/mol. The summed E-state index contributed by atoms with van der Waals surface area (Å²) in [6.07, 6.45) is 4.99. The van der Waals surface area contributed by atoms with E-state index in [1.54, 1.807) is 26.3 Å². The summed E-state index contributed by atoms with van der Waals surface area (Å²) >= 11 is 1.57. The number of nitrogens with zero attached hydrogens (tertiary/aromatic N) is 6. The minimum absolute atomic E-state index is 0.0775. The molecule has 0 saturated carbocycles. The molecule has 4 aromatic rings. The predicted molar refractivity (Wildman–Crippen MR) is 108 cm³/mol. The zero-order chi connectivity index (χ0) is 19.0. The van der Waals surface area contributed by atoms with E-state index in [0.29, 0.717) is 28.4 Å². The Labute approximate surface area is 164 Å². The van der Waals surface area contributed by atoms with Crippen molar-refractivity contribution in [1.82, 2.24) is 29.3 Å². The Balaban J connectivity index is 1.47. The first-order valence-corrected chi connectivity index (χ1v) is 10.2. The summed E-state index contributed by atoms with van der Waals surface area (Å²) in [6, 6.07) is 4.59. The van der Waals surface area contributed by atoms with Gasteiger partial charge in [-0.25, -0.2) is 14.5 Å². The Hall–Kier alpha value is -2.78. The number of rotatable bonds is 2. The Morgan fingerprint density at radius 1 is 1.18 bits per heavy atom. The Bertz CT molecular complexity index is 1300. The molecule has 142 valence electrons. The molecule has 0 spiro atoms. The zero-order valence-electron chi connectivity index (χ0n) is 15.6. The second-order valence-corrected chi connectivity index (χ2v) is 8.70. The van der Waals surface area contributed by atoms with Crippen molar-refractivity contribution in [2.45, 2.75) is 32.4 Å². The molecule has 0 unspecified atom stereocenters. The minimum Gasteiger partial charge on any atom is -0.356 e. The van der Waals surface area contributed by atoms with Gasteiger partial charge in [0, 0.05) is 37.4 Å². The molecular weight excluding hydrogens is 374 g/mol. The van der Waals surface area contributed by atoms with Crippen LogP contribution in [0, 0.1) is 13.8 Å². The molecule has 2 atom stereocenters. The van der Waals surface area contributed by atoms with Crippen molar-refractivity contribution in [3.63, 3.8) is 0 Å². The van der Waals surface area contributed by atoms with Gasteiger partial charge in [0.15, 0.2) is 10.6 Å². The molecule has 6 rings (SSSR count). The van der Waals surface area contributed by atoms with Crippen molar-refractivity contribution in [2.24, 2.45) is 0 Å². The number of aryl methyl sites for hydroxylation is 2. The number of hydrogen-bond donors (Lipinski definition) is 1. The Morgan fingerprint density at radius 3 is 2.86 bits per heavy atom. The van der Waals surface area contributed by atoms with E-state index in [9.17, 15) is 4.79 Å². The van der Waals surface area contributed by atoms with Crippen LogP contribution in [0.4, 0.5) is 5.00 Å². The van der Waals surface area contributed by atoms with E-state index in [1.165, 1.54) is 6.42 Å². The molecule has 1 N–H and O–H groups in total. The van der Waals surface area contributed by atoms with Gasteiger partial charge in [-0.1, -0.05) is 11.3 Å². The lowest BCUT2D eigenvalue weighted by atomic mass is 10.2. The van der Waals surface area contributed by atoms with Crippen LogP contribution >= 0.6 is 11.3 Å². The van der Waals surface area contributed by atoms with Gasteiger partial charge in [0.1, 0.15) is 10.7 Å². The highest BCUT2D eigenvalue weighted by molar-refractivity contribution is 7.20. The summed E-state index contributed by atoms with van der Waals surface area (Å²) in [6.45, 7) is 5.95. The smallest absolute Gasteiger partial charge is 0.259 e. The molecule has 0 amide bonds. The number of fused-ring (bicyclic) bond motifs is 4. The Morgan fingerprint density at radius 2 is 2.07 bits per heavy atom. The third-order valence-electron chi connectivity index (χ3n) is 5.69. The molecule has 0 aliphatic carbocycles. The molecule has 28 heavy (non-hydrogen) atoms. The van der Waals surface area contributed by atoms with Crippen LogP contribution in [0.5, 0.6) is 0 Å². The fourth-order valence-electron chi connectivity index (χ4n) is 4.36. The molecule has 0 aromatic carbocycles. The van der Waals surface area contributed by atoms with Gasteiger partial charge in [-0.05, 0) is 31.9 Å². The predicted octanol–water partition coefficient (Wildman–Crippen LogP) is 1.63.